The van der Waals surface area contributed by atoms with E-state index in [1.54, 1.807) is 0 Å². The maximum atomic E-state index is 3.72. The molecule has 2 heteroatoms. The highest BCUT2D eigenvalue weighted by Crippen LogP contribution is 2.33. The van der Waals surface area contributed by atoms with Gasteiger partial charge in [-0.1, -0.05) is 13.8 Å². The Morgan fingerprint density at radius 1 is 1.33 bits per heavy atom. The zero-order chi connectivity index (χ0) is 10.7. The fraction of sp³-hybridized carbons (Fsp3) is 1.00. The third-order valence-electron chi connectivity index (χ3n) is 3.73. The van der Waals surface area contributed by atoms with E-state index >= 15 is 0 Å². The van der Waals surface area contributed by atoms with Gasteiger partial charge in [0.05, 0.1) is 0 Å². The molecule has 0 aromatic rings. The molecule has 0 spiro atoms. The van der Waals surface area contributed by atoms with Crippen molar-refractivity contribution in [2.75, 3.05) is 26.2 Å². The first-order chi connectivity index (χ1) is 7.25. The summed E-state index contributed by atoms with van der Waals surface area (Å²) in [6.07, 6.45) is 5.63. The Morgan fingerprint density at radius 2 is 2.13 bits per heavy atom. The Hall–Kier alpha value is -0.0800. The van der Waals surface area contributed by atoms with Crippen molar-refractivity contribution in [1.82, 2.24) is 10.2 Å². The zero-order valence-electron chi connectivity index (χ0n) is 10.3. The lowest BCUT2D eigenvalue weighted by Gasteiger charge is -2.24. The van der Waals surface area contributed by atoms with Gasteiger partial charge in [-0.15, -0.1) is 0 Å². The third-order valence-corrected chi connectivity index (χ3v) is 3.73. The third kappa shape index (κ3) is 3.76. The molecule has 0 amide bonds. The fourth-order valence-corrected chi connectivity index (χ4v) is 2.48. The quantitative estimate of drug-likeness (QED) is 0.764. The second-order valence-corrected chi connectivity index (χ2v) is 5.73. The number of nitrogens with one attached hydrogen (secondary N) is 1. The first-order valence-corrected chi connectivity index (χ1v) is 6.71. The molecule has 0 radical (unpaired) electrons. The molecule has 2 aliphatic rings. The molecule has 1 unspecified atom stereocenters. The van der Waals surface area contributed by atoms with Crippen LogP contribution in [0.15, 0.2) is 0 Å². The normalized spacial score (nSPS) is 29.4. The number of hydrogen-bond donors (Lipinski definition) is 1. The molecule has 1 aliphatic carbocycles. The summed E-state index contributed by atoms with van der Waals surface area (Å²) in [5.74, 6) is 1.85. The molecule has 2 nitrogen and oxygen atoms in total. The summed E-state index contributed by atoms with van der Waals surface area (Å²) in [5, 5.41) is 3.72. The Morgan fingerprint density at radius 3 is 2.80 bits per heavy atom. The van der Waals surface area contributed by atoms with E-state index in [-0.39, 0.29) is 0 Å². The summed E-state index contributed by atoms with van der Waals surface area (Å²) in [6.45, 7) is 9.81. The second kappa shape index (κ2) is 5.31. The molecule has 2 rings (SSSR count). The van der Waals surface area contributed by atoms with Gasteiger partial charge >= 0.3 is 0 Å². The van der Waals surface area contributed by atoms with Gasteiger partial charge in [0.1, 0.15) is 0 Å². The first kappa shape index (κ1) is 11.4. The van der Waals surface area contributed by atoms with Crippen LogP contribution in [-0.4, -0.2) is 37.1 Å². The van der Waals surface area contributed by atoms with Crippen molar-refractivity contribution in [3.8, 4) is 0 Å². The summed E-state index contributed by atoms with van der Waals surface area (Å²) >= 11 is 0. The van der Waals surface area contributed by atoms with Crippen LogP contribution in [0, 0.1) is 11.8 Å². The zero-order valence-corrected chi connectivity index (χ0v) is 10.3. The molecular weight excluding hydrogens is 184 g/mol. The molecule has 0 aromatic heterocycles. The number of hydrogen-bond acceptors (Lipinski definition) is 2. The largest absolute Gasteiger partial charge is 0.312 e. The summed E-state index contributed by atoms with van der Waals surface area (Å²) in [7, 11) is 0. The summed E-state index contributed by atoms with van der Waals surface area (Å²) < 4.78 is 0. The summed E-state index contributed by atoms with van der Waals surface area (Å²) in [6, 6.07) is 0.805. The van der Waals surface area contributed by atoms with Crippen LogP contribution in [0.25, 0.3) is 0 Å². The highest BCUT2D eigenvalue weighted by Gasteiger charge is 2.32. The van der Waals surface area contributed by atoms with Crippen molar-refractivity contribution in [3.63, 3.8) is 0 Å². The van der Waals surface area contributed by atoms with Crippen molar-refractivity contribution in [2.45, 2.75) is 45.6 Å². The number of nitrogens with zero attached hydrogens (tertiary/aromatic N) is 1. The maximum Gasteiger partial charge on any atom is 0.0223 e. The Labute approximate surface area is 94.4 Å². The topological polar surface area (TPSA) is 15.3 Å². The van der Waals surface area contributed by atoms with E-state index in [0.29, 0.717) is 0 Å². The summed E-state index contributed by atoms with van der Waals surface area (Å²) in [5.41, 5.74) is 0. The molecule has 1 atom stereocenters. The fourth-order valence-electron chi connectivity index (χ4n) is 2.48. The van der Waals surface area contributed by atoms with E-state index in [0.717, 1.165) is 17.9 Å². The minimum atomic E-state index is 0.805. The monoisotopic (exact) mass is 210 g/mol. The molecule has 1 saturated carbocycles. The van der Waals surface area contributed by atoms with Gasteiger partial charge in [-0.25, -0.2) is 0 Å². The first-order valence-electron chi connectivity index (χ1n) is 6.71. The van der Waals surface area contributed by atoms with Crippen LogP contribution >= 0.6 is 0 Å². The van der Waals surface area contributed by atoms with Gasteiger partial charge in [0.15, 0.2) is 0 Å². The van der Waals surface area contributed by atoms with Crippen molar-refractivity contribution in [1.29, 1.82) is 0 Å². The molecule has 15 heavy (non-hydrogen) atoms. The van der Waals surface area contributed by atoms with Crippen LogP contribution in [0.4, 0.5) is 0 Å². The van der Waals surface area contributed by atoms with Crippen LogP contribution in [-0.2, 0) is 0 Å². The van der Waals surface area contributed by atoms with Crippen LogP contribution < -0.4 is 5.32 Å². The predicted octanol–water partition coefficient (Wildman–Crippen LogP) is 2.11. The van der Waals surface area contributed by atoms with Crippen molar-refractivity contribution in [2.24, 2.45) is 11.8 Å². The van der Waals surface area contributed by atoms with Gasteiger partial charge < -0.3 is 10.2 Å². The lowest BCUT2D eigenvalue weighted by Crippen LogP contribution is -2.39. The predicted molar refractivity (Wildman–Crippen MR) is 65.0 cm³/mol. The van der Waals surface area contributed by atoms with Crippen LogP contribution in [0.1, 0.15) is 39.5 Å². The van der Waals surface area contributed by atoms with Gasteiger partial charge in [0.25, 0.3) is 0 Å². The average molecular weight is 210 g/mol. The molecule has 0 aromatic carbocycles. The van der Waals surface area contributed by atoms with E-state index in [4.69, 9.17) is 0 Å². The molecule has 0 bridgehead atoms. The SMILES string of the molecule is CC(C)CCN1CCCNC(C2CC2)C1. The van der Waals surface area contributed by atoms with Gasteiger partial charge in [0.2, 0.25) is 0 Å². The van der Waals surface area contributed by atoms with E-state index < -0.39 is 0 Å². The van der Waals surface area contributed by atoms with E-state index in [1.807, 2.05) is 0 Å². The molecule has 1 N–H and O–H groups in total. The van der Waals surface area contributed by atoms with E-state index in [1.165, 1.54) is 51.9 Å². The van der Waals surface area contributed by atoms with Crippen molar-refractivity contribution in [3.05, 3.63) is 0 Å². The maximum absolute atomic E-state index is 3.72. The van der Waals surface area contributed by atoms with Gasteiger partial charge in [-0.2, -0.15) is 0 Å². The van der Waals surface area contributed by atoms with Gasteiger partial charge in [-0.3, -0.25) is 0 Å². The van der Waals surface area contributed by atoms with Crippen molar-refractivity contribution >= 4 is 0 Å². The van der Waals surface area contributed by atoms with Crippen LogP contribution in [0.3, 0.4) is 0 Å². The lowest BCUT2D eigenvalue weighted by molar-refractivity contribution is 0.245. The summed E-state index contributed by atoms with van der Waals surface area (Å²) in [4.78, 5) is 2.68. The smallest absolute Gasteiger partial charge is 0.0223 e. The van der Waals surface area contributed by atoms with E-state index in [9.17, 15) is 0 Å². The highest BCUT2D eigenvalue weighted by molar-refractivity contribution is 4.89. The highest BCUT2D eigenvalue weighted by atomic mass is 15.2. The van der Waals surface area contributed by atoms with Crippen LogP contribution in [0.5, 0.6) is 0 Å². The Kier molecular flexibility index (Phi) is 4.04. The van der Waals surface area contributed by atoms with E-state index in [2.05, 4.69) is 24.1 Å². The molecule has 88 valence electrons. The van der Waals surface area contributed by atoms with Gasteiger partial charge in [0, 0.05) is 12.6 Å². The Balaban J connectivity index is 1.76. The Bertz CT molecular complexity index is 187. The minimum absolute atomic E-state index is 0.805. The standard InChI is InChI=1S/C13H26N2/c1-11(2)6-9-15-8-3-7-14-13(10-15)12-4-5-12/h11-14H,3-10H2,1-2H3. The second-order valence-electron chi connectivity index (χ2n) is 5.73. The lowest BCUT2D eigenvalue weighted by atomic mass is 10.1. The van der Waals surface area contributed by atoms with Crippen molar-refractivity contribution < 1.29 is 0 Å². The van der Waals surface area contributed by atoms with Crippen LogP contribution in [0.2, 0.25) is 0 Å². The molecule has 2 fully saturated rings. The van der Waals surface area contributed by atoms with Gasteiger partial charge in [-0.05, 0) is 57.2 Å². The molecule has 1 aliphatic heterocycles. The minimum Gasteiger partial charge on any atom is -0.312 e. The average Bonchev–Trinajstić information content (AvgIpc) is 3.01. The molecule has 1 heterocycles. The molecule has 1 saturated heterocycles. The number of rotatable bonds is 4. The molecular formula is C13H26N2.